The van der Waals surface area contributed by atoms with Gasteiger partial charge in [-0.05, 0) is 81.1 Å². The molecule has 11 heteroatoms. The van der Waals surface area contributed by atoms with Gasteiger partial charge in [0.05, 0.1) is 11.6 Å². The van der Waals surface area contributed by atoms with Crippen molar-refractivity contribution >= 4 is 23.6 Å². The number of fused-ring (bicyclic) bond motifs is 1. The summed E-state index contributed by atoms with van der Waals surface area (Å²) in [6.07, 6.45) is 5.86. The number of ether oxygens (including phenoxy) is 1. The van der Waals surface area contributed by atoms with E-state index in [4.69, 9.17) is 4.74 Å². The highest BCUT2D eigenvalue weighted by atomic mass is 16.5. The number of hydrogen-bond donors (Lipinski definition) is 5. The number of likely N-dealkylation sites (tertiary alicyclic amines) is 1. The molecule has 2 aromatic rings. The molecule has 0 bridgehead atoms. The molecule has 1 saturated heterocycles. The third kappa shape index (κ3) is 10.8. The number of nitrogens with zero attached hydrogens (tertiary/aromatic N) is 1. The third-order valence-electron chi connectivity index (χ3n) is 8.64. The van der Waals surface area contributed by atoms with Crippen LogP contribution >= 0.6 is 0 Å². The minimum Gasteiger partial charge on any atom is -0.508 e. The Balaban J connectivity index is 1.51. The second-order valence-corrected chi connectivity index (χ2v) is 12.6. The number of carbonyl (C=O) groups excluding carboxylic acids is 4. The predicted molar refractivity (Wildman–Crippen MR) is 175 cm³/mol. The first-order valence-corrected chi connectivity index (χ1v) is 16.6. The van der Waals surface area contributed by atoms with Gasteiger partial charge in [0.25, 0.3) is 5.91 Å². The number of amides is 4. The molecule has 0 radical (unpaired) electrons. The van der Waals surface area contributed by atoms with Gasteiger partial charge in [-0.1, -0.05) is 51.0 Å². The predicted octanol–water partition coefficient (Wildman–Crippen LogP) is 2.91. The van der Waals surface area contributed by atoms with Gasteiger partial charge in [-0.3, -0.25) is 19.2 Å². The maximum Gasteiger partial charge on any atom is 0.255 e. The van der Waals surface area contributed by atoms with Crippen LogP contribution in [0.5, 0.6) is 11.5 Å². The summed E-state index contributed by atoms with van der Waals surface area (Å²) in [6, 6.07) is 11.0. The van der Waals surface area contributed by atoms with Gasteiger partial charge in [-0.2, -0.15) is 0 Å². The van der Waals surface area contributed by atoms with Gasteiger partial charge in [0, 0.05) is 19.4 Å². The first-order valence-electron chi connectivity index (χ1n) is 16.6. The number of hydrogen-bond acceptors (Lipinski definition) is 7. The number of benzene rings is 2. The van der Waals surface area contributed by atoms with Crippen molar-refractivity contribution in [2.24, 2.45) is 5.92 Å². The van der Waals surface area contributed by atoms with Crippen LogP contribution in [0.1, 0.15) is 74.7 Å². The summed E-state index contributed by atoms with van der Waals surface area (Å²) >= 11 is 0. The van der Waals surface area contributed by atoms with E-state index in [9.17, 15) is 24.3 Å². The van der Waals surface area contributed by atoms with Gasteiger partial charge in [0.2, 0.25) is 17.7 Å². The molecule has 2 heterocycles. The molecule has 46 heavy (non-hydrogen) atoms. The van der Waals surface area contributed by atoms with Gasteiger partial charge >= 0.3 is 0 Å². The van der Waals surface area contributed by atoms with E-state index < -0.39 is 29.9 Å². The van der Waals surface area contributed by atoms with Crippen LogP contribution < -0.4 is 26.0 Å². The molecule has 0 saturated carbocycles. The number of phenols is 1. The fourth-order valence-electron chi connectivity index (χ4n) is 5.76. The topological polar surface area (TPSA) is 149 Å². The molecule has 2 aromatic carbocycles. The second kappa shape index (κ2) is 17.5. The van der Waals surface area contributed by atoms with Crippen molar-refractivity contribution < 1.29 is 29.0 Å². The van der Waals surface area contributed by atoms with Crippen LogP contribution in [0.2, 0.25) is 0 Å². The molecule has 4 amide bonds. The van der Waals surface area contributed by atoms with Crippen LogP contribution in [0, 0.1) is 5.92 Å². The molecule has 5 N–H and O–H groups in total. The fourth-order valence-corrected chi connectivity index (χ4v) is 5.76. The SMILES string of the molecule is CC(C)[C@@H]1COc2ccccc2C(=O)N[C@H](C(=O)NCCCN2CCCCCC2)CCC(=O)N[C@@H](Cc2ccc(O)cc2)C(=O)N1. The van der Waals surface area contributed by atoms with Gasteiger partial charge in [-0.25, -0.2) is 0 Å². The lowest BCUT2D eigenvalue weighted by Crippen LogP contribution is -2.53. The van der Waals surface area contributed by atoms with Crippen LogP contribution in [-0.2, 0) is 20.8 Å². The molecule has 4 rings (SSSR count). The van der Waals surface area contributed by atoms with E-state index in [-0.39, 0.29) is 54.9 Å². The van der Waals surface area contributed by atoms with Crippen LogP contribution in [0.15, 0.2) is 48.5 Å². The van der Waals surface area contributed by atoms with Crippen molar-refractivity contribution in [1.82, 2.24) is 26.2 Å². The van der Waals surface area contributed by atoms with Crippen molar-refractivity contribution in [3.05, 3.63) is 59.7 Å². The summed E-state index contributed by atoms with van der Waals surface area (Å²) in [4.78, 5) is 56.1. The smallest absolute Gasteiger partial charge is 0.255 e. The van der Waals surface area contributed by atoms with Crippen molar-refractivity contribution in [3.63, 3.8) is 0 Å². The number of phenolic OH excluding ortho intramolecular Hbond substituents is 1. The molecular weight excluding hydrogens is 586 g/mol. The van der Waals surface area contributed by atoms with Crippen molar-refractivity contribution in [2.75, 3.05) is 32.8 Å². The lowest BCUT2D eigenvalue weighted by atomic mass is 10.0. The Bertz CT molecular complexity index is 1310. The van der Waals surface area contributed by atoms with E-state index in [1.807, 2.05) is 13.8 Å². The van der Waals surface area contributed by atoms with E-state index >= 15 is 0 Å². The molecule has 2 aliphatic rings. The first kappa shape index (κ1) is 34.7. The lowest BCUT2D eigenvalue weighted by Gasteiger charge is -2.26. The second-order valence-electron chi connectivity index (χ2n) is 12.6. The van der Waals surface area contributed by atoms with Gasteiger partial charge < -0.3 is 36.0 Å². The Hall–Kier alpha value is -4.12. The van der Waals surface area contributed by atoms with Crippen molar-refractivity contribution in [2.45, 2.75) is 83.3 Å². The zero-order valence-corrected chi connectivity index (χ0v) is 27.1. The fraction of sp³-hybridized carbons (Fsp3) is 0.543. The average Bonchev–Trinajstić information content (AvgIpc) is 3.32. The molecular formula is C35H49N5O6. The summed E-state index contributed by atoms with van der Waals surface area (Å²) in [6.45, 7) is 7.50. The molecule has 11 nitrogen and oxygen atoms in total. The van der Waals surface area contributed by atoms with E-state index in [0.29, 0.717) is 12.3 Å². The Morgan fingerprint density at radius 3 is 2.41 bits per heavy atom. The zero-order chi connectivity index (χ0) is 32.9. The molecule has 3 atom stereocenters. The Labute approximate surface area is 271 Å². The number of rotatable bonds is 8. The van der Waals surface area contributed by atoms with Crippen molar-refractivity contribution in [1.29, 1.82) is 0 Å². The molecule has 0 spiro atoms. The molecule has 0 aliphatic carbocycles. The highest BCUT2D eigenvalue weighted by molar-refractivity contribution is 5.99. The van der Waals surface area contributed by atoms with Gasteiger partial charge in [-0.15, -0.1) is 0 Å². The number of nitrogens with one attached hydrogen (secondary N) is 4. The van der Waals surface area contributed by atoms with E-state index in [2.05, 4.69) is 26.2 Å². The number of para-hydroxylation sites is 1. The molecule has 2 aliphatic heterocycles. The summed E-state index contributed by atoms with van der Waals surface area (Å²) in [5.41, 5.74) is 1.02. The van der Waals surface area contributed by atoms with Gasteiger partial charge in [0.1, 0.15) is 30.2 Å². The average molecular weight is 636 g/mol. The van der Waals surface area contributed by atoms with E-state index in [1.54, 1.807) is 36.4 Å². The van der Waals surface area contributed by atoms with Crippen LogP contribution in [0.4, 0.5) is 0 Å². The van der Waals surface area contributed by atoms with Crippen LogP contribution in [-0.4, -0.2) is 84.5 Å². The van der Waals surface area contributed by atoms with E-state index in [0.717, 1.165) is 31.6 Å². The zero-order valence-electron chi connectivity index (χ0n) is 27.1. The molecule has 0 unspecified atom stereocenters. The number of carbonyl (C=O) groups is 4. The lowest BCUT2D eigenvalue weighted by molar-refractivity contribution is -0.130. The summed E-state index contributed by atoms with van der Waals surface area (Å²) < 4.78 is 6.09. The Kier molecular flexibility index (Phi) is 13.3. The third-order valence-corrected chi connectivity index (χ3v) is 8.64. The highest BCUT2D eigenvalue weighted by Crippen LogP contribution is 2.20. The Morgan fingerprint density at radius 1 is 0.978 bits per heavy atom. The minimum absolute atomic E-state index is 0.0157. The summed E-state index contributed by atoms with van der Waals surface area (Å²) in [7, 11) is 0. The van der Waals surface area contributed by atoms with Crippen LogP contribution in [0.3, 0.4) is 0 Å². The molecule has 0 aromatic heterocycles. The maximum absolute atomic E-state index is 13.6. The summed E-state index contributed by atoms with van der Waals surface area (Å²) in [5, 5.41) is 21.3. The highest BCUT2D eigenvalue weighted by Gasteiger charge is 2.29. The van der Waals surface area contributed by atoms with Crippen molar-refractivity contribution in [3.8, 4) is 11.5 Å². The van der Waals surface area contributed by atoms with Gasteiger partial charge in [0.15, 0.2) is 0 Å². The normalized spacial score (nSPS) is 22.2. The van der Waals surface area contributed by atoms with Crippen LogP contribution in [0.25, 0.3) is 0 Å². The summed E-state index contributed by atoms with van der Waals surface area (Å²) in [5.74, 6) is -1.22. The standard InChI is InChI=1S/C35H49N5O6/c1-24(2)30-23-46-31-11-6-5-10-27(31)33(43)38-28(34(44)36-18-9-21-40-19-7-3-4-8-20-40)16-17-32(42)37-29(35(45)39-30)22-25-12-14-26(41)15-13-25/h5-6,10-15,24,28-30,41H,3-4,7-9,16-23H2,1-2H3,(H,36,44)(H,37,42)(H,38,43)(H,39,45)/t28-,29-,30-/m0/s1. The monoisotopic (exact) mass is 635 g/mol. The minimum atomic E-state index is -0.970. The largest absolute Gasteiger partial charge is 0.508 e. The first-order chi connectivity index (χ1) is 22.2. The molecule has 1 fully saturated rings. The maximum atomic E-state index is 13.6. The quantitative estimate of drug-likeness (QED) is 0.280. The Morgan fingerprint density at radius 2 is 1.70 bits per heavy atom. The number of aromatic hydroxyl groups is 1. The van der Waals surface area contributed by atoms with E-state index in [1.165, 1.54) is 37.8 Å². The molecule has 250 valence electrons.